The first kappa shape index (κ1) is 14.4. The number of aromatic nitrogens is 2. The van der Waals surface area contributed by atoms with Gasteiger partial charge in [-0.15, -0.1) is 11.3 Å². The number of nitrogens with one attached hydrogen (secondary N) is 1. The van der Waals surface area contributed by atoms with Gasteiger partial charge in [0.2, 0.25) is 0 Å². The van der Waals surface area contributed by atoms with E-state index in [1.165, 1.54) is 41.5 Å². The highest BCUT2D eigenvalue weighted by atomic mass is 32.1. The Morgan fingerprint density at radius 3 is 2.73 bits per heavy atom. The summed E-state index contributed by atoms with van der Waals surface area (Å²) in [5, 5.41) is 15.5. The molecule has 0 spiro atoms. The van der Waals surface area contributed by atoms with Gasteiger partial charge in [0.25, 0.3) is 0 Å². The molecule has 0 radical (unpaired) electrons. The van der Waals surface area contributed by atoms with Crippen LogP contribution in [0.5, 0.6) is 0 Å². The van der Waals surface area contributed by atoms with E-state index in [-0.39, 0.29) is 0 Å². The van der Waals surface area contributed by atoms with Gasteiger partial charge in [0.15, 0.2) is 0 Å². The molecule has 1 fully saturated rings. The van der Waals surface area contributed by atoms with E-state index in [1.807, 2.05) is 11.3 Å². The molecule has 1 saturated carbocycles. The Hall–Kier alpha value is -1.20. The van der Waals surface area contributed by atoms with Gasteiger partial charge in [0.1, 0.15) is 17.0 Å². The van der Waals surface area contributed by atoms with Crippen molar-refractivity contribution in [1.29, 1.82) is 0 Å². The van der Waals surface area contributed by atoms with Crippen molar-refractivity contribution in [1.82, 2.24) is 9.97 Å². The highest BCUT2D eigenvalue weighted by molar-refractivity contribution is 7.19. The summed E-state index contributed by atoms with van der Waals surface area (Å²) in [6.45, 7) is 0.601. The summed E-state index contributed by atoms with van der Waals surface area (Å²) in [6.07, 6.45) is 11.8. The summed E-state index contributed by atoms with van der Waals surface area (Å²) in [6, 6.07) is 0. The minimum absolute atomic E-state index is 0.576. The fraction of sp³-hybridized carbons (Fsp3) is 0.647. The number of hydrogen-bond donors (Lipinski definition) is 2. The third-order valence-electron chi connectivity index (χ3n) is 5.12. The van der Waals surface area contributed by atoms with E-state index >= 15 is 0 Å². The number of hydrogen-bond acceptors (Lipinski definition) is 5. The number of thiophene rings is 1. The summed E-state index contributed by atoms with van der Waals surface area (Å²) in [4.78, 5) is 11.5. The monoisotopic (exact) mass is 317 g/mol. The lowest BCUT2D eigenvalue weighted by Gasteiger charge is -2.27. The fourth-order valence-corrected chi connectivity index (χ4v) is 5.10. The molecule has 2 aliphatic carbocycles. The van der Waals surface area contributed by atoms with Crippen LogP contribution in [0.25, 0.3) is 10.2 Å². The summed E-state index contributed by atoms with van der Waals surface area (Å²) < 4.78 is 0. The zero-order valence-electron chi connectivity index (χ0n) is 12.9. The minimum atomic E-state index is -0.576. The van der Waals surface area contributed by atoms with E-state index in [0.717, 1.165) is 42.8 Å². The Morgan fingerprint density at radius 1 is 1.09 bits per heavy atom. The Morgan fingerprint density at radius 2 is 1.91 bits per heavy atom. The predicted molar refractivity (Wildman–Crippen MR) is 90.6 cm³/mol. The summed E-state index contributed by atoms with van der Waals surface area (Å²) in [5.41, 5.74) is 0.864. The molecule has 0 unspecified atom stereocenters. The van der Waals surface area contributed by atoms with E-state index in [0.29, 0.717) is 6.54 Å². The summed E-state index contributed by atoms with van der Waals surface area (Å²) in [5.74, 6) is 0.919. The first-order chi connectivity index (χ1) is 10.8. The van der Waals surface area contributed by atoms with Gasteiger partial charge < -0.3 is 10.4 Å². The maximum Gasteiger partial charge on any atom is 0.138 e. The molecular formula is C17H23N3OS. The molecule has 4 rings (SSSR count). The first-order valence-corrected chi connectivity index (χ1v) is 9.28. The molecule has 2 aromatic heterocycles. The van der Waals surface area contributed by atoms with E-state index in [2.05, 4.69) is 15.3 Å². The molecule has 2 aliphatic rings. The van der Waals surface area contributed by atoms with E-state index < -0.39 is 5.60 Å². The van der Waals surface area contributed by atoms with Crippen LogP contribution in [0.15, 0.2) is 6.33 Å². The van der Waals surface area contributed by atoms with Crippen molar-refractivity contribution in [3.63, 3.8) is 0 Å². The van der Waals surface area contributed by atoms with Crippen molar-refractivity contribution in [3.8, 4) is 0 Å². The van der Waals surface area contributed by atoms with Gasteiger partial charge in [0, 0.05) is 11.4 Å². The SMILES string of the molecule is OC1(CNc2ncnc3sc4c(c23)CCC4)CCCCCC1. The second-order valence-corrected chi connectivity index (χ2v) is 7.84. The van der Waals surface area contributed by atoms with E-state index in [1.54, 1.807) is 6.33 Å². The second-order valence-electron chi connectivity index (χ2n) is 6.75. The van der Waals surface area contributed by atoms with E-state index in [9.17, 15) is 5.11 Å². The molecule has 0 aromatic carbocycles. The molecule has 5 heteroatoms. The molecule has 2 aromatic rings. The van der Waals surface area contributed by atoms with Crippen molar-refractivity contribution in [3.05, 3.63) is 16.8 Å². The molecule has 0 bridgehead atoms. The molecule has 4 nitrogen and oxygen atoms in total. The zero-order chi connectivity index (χ0) is 15.0. The molecule has 2 heterocycles. The number of fused-ring (bicyclic) bond motifs is 3. The zero-order valence-corrected chi connectivity index (χ0v) is 13.7. The Labute approximate surface area is 135 Å². The fourth-order valence-electron chi connectivity index (χ4n) is 3.87. The Bertz CT molecular complexity index is 674. The smallest absolute Gasteiger partial charge is 0.138 e. The lowest BCUT2D eigenvalue weighted by atomic mass is 9.94. The summed E-state index contributed by atoms with van der Waals surface area (Å²) >= 11 is 1.81. The normalized spacial score (nSPS) is 20.8. The number of anilines is 1. The summed E-state index contributed by atoms with van der Waals surface area (Å²) in [7, 11) is 0. The molecule has 0 saturated heterocycles. The molecule has 118 valence electrons. The van der Waals surface area contributed by atoms with Gasteiger partial charge in [-0.25, -0.2) is 9.97 Å². The average molecular weight is 317 g/mol. The van der Waals surface area contributed by atoms with Gasteiger partial charge in [-0.2, -0.15) is 0 Å². The van der Waals surface area contributed by atoms with Crippen LogP contribution in [-0.2, 0) is 12.8 Å². The Kier molecular flexibility index (Phi) is 3.78. The van der Waals surface area contributed by atoms with Gasteiger partial charge in [-0.1, -0.05) is 25.7 Å². The lowest BCUT2D eigenvalue weighted by Crippen LogP contribution is -2.36. The van der Waals surface area contributed by atoms with Crippen molar-refractivity contribution >= 4 is 27.4 Å². The molecule has 2 N–H and O–H groups in total. The van der Waals surface area contributed by atoms with Crippen LogP contribution in [0, 0.1) is 0 Å². The van der Waals surface area contributed by atoms with Crippen LogP contribution in [0.1, 0.15) is 55.4 Å². The van der Waals surface area contributed by atoms with Crippen LogP contribution in [0.3, 0.4) is 0 Å². The third kappa shape index (κ3) is 2.61. The third-order valence-corrected chi connectivity index (χ3v) is 6.32. The van der Waals surface area contributed by atoms with E-state index in [4.69, 9.17) is 0 Å². The van der Waals surface area contributed by atoms with Crippen molar-refractivity contribution in [2.75, 3.05) is 11.9 Å². The minimum Gasteiger partial charge on any atom is -0.388 e. The van der Waals surface area contributed by atoms with Gasteiger partial charge in [0.05, 0.1) is 11.0 Å². The molecule has 0 amide bonds. The lowest BCUT2D eigenvalue weighted by molar-refractivity contribution is 0.0381. The van der Waals surface area contributed by atoms with Crippen LogP contribution >= 0.6 is 11.3 Å². The van der Waals surface area contributed by atoms with Crippen LogP contribution in [-0.4, -0.2) is 27.2 Å². The number of rotatable bonds is 3. The standard InChI is InChI=1S/C17H23N3OS/c21-17(8-3-1-2-4-9-17)10-18-15-14-12-6-5-7-13(12)22-16(14)20-11-19-15/h11,21H,1-10H2,(H,18,19,20). The highest BCUT2D eigenvalue weighted by Gasteiger charge is 2.28. The van der Waals surface area contributed by atoms with Crippen LogP contribution in [0.2, 0.25) is 0 Å². The van der Waals surface area contributed by atoms with Crippen molar-refractivity contribution < 1.29 is 5.11 Å². The molecule has 0 atom stereocenters. The van der Waals surface area contributed by atoms with Crippen molar-refractivity contribution in [2.24, 2.45) is 0 Å². The highest BCUT2D eigenvalue weighted by Crippen LogP contribution is 2.39. The number of aryl methyl sites for hydroxylation is 2. The molecule has 22 heavy (non-hydrogen) atoms. The predicted octanol–water partition coefficient (Wildman–Crippen LogP) is 3.68. The topological polar surface area (TPSA) is 58.0 Å². The van der Waals surface area contributed by atoms with Gasteiger partial charge in [-0.05, 0) is 37.7 Å². The Balaban J connectivity index is 1.59. The number of aliphatic hydroxyl groups is 1. The van der Waals surface area contributed by atoms with Crippen LogP contribution in [0.4, 0.5) is 5.82 Å². The van der Waals surface area contributed by atoms with Crippen molar-refractivity contribution in [2.45, 2.75) is 63.4 Å². The second kappa shape index (κ2) is 5.78. The maximum atomic E-state index is 10.8. The first-order valence-electron chi connectivity index (χ1n) is 8.47. The quantitative estimate of drug-likeness (QED) is 0.848. The largest absolute Gasteiger partial charge is 0.388 e. The van der Waals surface area contributed by atoms with Gasteiger partial charge >= 0.3 is 0 Å². The average Bonchev–Trinajstić information content (AvgIpc) is 3.02. The molecule has 0 aliphatic heterocycles. The van der Waals surface area contributed by atoms with Crippen LogP contribution < -0.4 is 5.32 Å². The molecular weight excluding hydrogens is 294 g/mol. The maximum absolute atomic E-state index is 10.8. The van der Waals surface area contributed by atoms with Gasteiger partial charge in [-0.3, -0.25) is 0 Å². The number of nitrogens with zero attached hydrogens (tertiary/aromatic N) is 2.